The Kier molecular flexibility index (Phi) is 5.63. The number of methoxy groups -OCH3 is 1. The van der Waals surface area contributed by atoms with Crippen LogP contribution >= 0.6 is 12.2 Å². The van der Waals surface area contributed by atoms with Crippen molar-refractivity contribution in [1.29, 1.82) is 5.26 Å². The molecule has 0 atom stereocenters. The van der Waals surface area contributed by atoms with Crippen LogP contribution in [-0.2, 0) is 6.42 Å². The summed E-state index contributed by atoms with van der Waals surface area (Å²) in [5.74, 6) is 1.18. The fourth-order valence-electron chi connectivity index (χ4n) is 1.81. The van der Waals surface area contributed by atoms with Crippen LogP contribution in [0.15, 0.2) is 36.5 Å². The Bertz CT molecular complexity index is 698. The summed E-state index contributed by atoms with van der Waals surface area (Å²) in [6.45, 7) is 0.654. The second-order valence-corrected chi connectivity index (χ2v) is 4.80. The first-order valence-corrected chi connectivity index (χ1v) is 7.03. The van der Waals surface area contributed by atoms with E-state index in [2.05, 4.69) is 20.8 Å². The molecule has 2 N–H and O–H groups in total. The molecule has 22 heavy (non-hydrogen) atoms. The zero-order valence-corrected chi connectivity index (χ0v) is 12.9. The largest absolute Gasteiger partial charge is 0.497 e. The third-order valence-electron chi connectivity index (χ3n) is 2.91. The van der Waals surface area contributed by atoms with E-state index >= 15 is 0 Å². The van der Waals surface area contributed by atoms with Gasteiger partial charge < -0.3 is 15.4 Å². The number of nitrogens with one attached hydrogen (secondary N) is 2. The highest BCUT2D eigenvalue weighted by atomic mass is 32.1. The van der Waals surface area contributed by atoms with Crippen LogP contribution in [0.1, 0.15) is 11.1 Å². The number of anilines is 1. The summed E-state index contributed by atoms with van der Waals surface area (Å²) in [4.78, 5) is 0. The molecule has 0 aliphatic rings. The lowest BCUT2D eigenvalue weighted by Crippen LogP contribution is -2.30. The number of benzene rings is 1. The number of nitrogens with zero attached hydrogens (tertiary/aromatic N) is 3. The number of rotatable bonds is 5. The van der Waals surface area contributed by atoms with Crippen LogP contribution < -0.4 is 15.4 Å². The first-order chi connectivity index (χ1) is 10.7. The van der Waals surface area contributed by atoms with E-state index in [4.69, 9.17) is 22.2 Å². The van der Waals surface area contributed by atoms with Gasteiger partial charge in [-0.25, -0.2) is 0 Å². The maximum absolute atomic E-state index is 8.97. The number of nitriles is 1. The predicted molar refractivity (Wildman–Crippen MR) is 87.7 cm³/mol. The van der Waals surface area contributed by atoms with Crippen molar-refractivity contribution >= 4 is 23.1 Å². The van der Waals surface area contributed by atoms with E-state index in [-0.39, 0.29) is 0 Å². The van der Waals surface area contributed by atoms with E-state index in [1.165, 1.54) is 6.20 Å². The molecule has 112 valence electrons. The Morgan fingerprint density at radius 2 is 2.27 bits per heavy atom. The minimum Gasteiger partial charge on any atom is -0.497 e. The van der Waals surface area contributed by atoms with Crippen LogP contribution in [0.25, 0.3) is 0 Å². The summed E-state index contributed by atoms with van der Waals surface area (Å²) >= 11 is 5.18. The van der Waals surface area contributed by atoms with Gasteiger partial charge in [-0.05, 0) is 42.4 Å². The van der Waals surface area contributed by atoms with Crippen molar-refractivity contribution in [3.05, 3.63) is 47.7 Å². The van der Waals surface area contributed by atoms with E-state index in [1.807, 2.05) is 30.3 Å². The van der Waals surface area contributed by atoms with Gasteiger partial charge in [0.2, 0.25) is 0 Å². The molecule has 7 heteroatoms. The number of aromatic nitrogens is 2. The van der Waals surface area contributed by atoms with Gasteiger partial charge in [-0.2, -0.15) is 10.4 Å². The molecule has 0 aliphatic carbocycles. The molecule has 0 bridgehead atoms. The molecular formula is C15H15N5OS. The van der Waals surface area contributed by atoms with Gasteiger partial charge in [-0.3, -0.25) is 0 Å². The monoisotopic (exact) mass is 313 g/mol. The van der Waals surface area contributed by atoms with Gasteiger partial charge in [0.05, 0.1) is 18.9 Å². The van der Waals surface area contributed by atoms with Crippen molar-refractivity contribution in [1.82, 2.24) is 15.5 Å². The summed E-state index contributed by atoms with van der Waals surface area (Å²) in [7, 11) is 1.64. The van der Waals surface area contributed by atoms with Gasteiger partial charge in [0.25, 0.3) is 0 Å². The molecule has 6 nitrogen and oxygen atoms in total. The average Bonchev–Trinajstić information content (AvgIpc) is 2.55. The molecule has 2 aromatic rings. The van der Waals surface area contributed by atoms with Crippen molar-refractivity contribution in [2.24, 2.45) is 0 Å². The summed E-state index contributed by atoms with van der Waals surface area (Å²) in [6, 6.07) is 11.5. The van der Waals surface area contributed by atoms with Crippen LogP contribution in [0.3, 0.4) is 0 Å². The average molecular weight is 313 g/mol. The molecular weight excluding hydrogens is 298 g/mol. The molecule has 1 aromatic carbocycles. The third kappa shape index (κ3) is 4.40. The summed E-state index contributed by atoms with van der Waals surface area (Å²) in [5, 5.41) is 22.9. The zero-order valence-electron chi connectivity index (χ0n) is 12.0. The van der Waals surface area contributed by atoms with E-state index < -0.39 is 0 Å². The summed E-state index contributed by atoms with van der Waals surface area (Å²) in [6.07, 6.45) is 2.26. The Balaban J connectivity index is 1.84. The van der Waals surface area contributed by atoms with E-state index in [1.54, 1.807) is 13.2 Å². The number of hydrogen-bond donors (Lipinski definition) is 2. The molecule has 0 aliphatic heterocycles. The zero-order chi connectivity index (χ0) is 15.8. The maximum Gasteiger partial charge on any atom is 0.172 e. The van der Waals surface area contributed by atoms with Crippen LogP contribution in [0.5, 0.6) is 5.75 Å². The van der Waals surface area contributed by atoms with Gasteiger partial charge >= 0.3 is 0 Å². The molecule has 0 unspecified atom stereocenters. The first kappa shape index (κ1) is 15.7. The highest BCUT2D eigenvalue weighted by Gasteiger charge is 2.05. The van der Waals surface area contributed by atoms with Crippen molar-refractivity contribution < 1.29 is 4.74 Å². The maximum atomic E-state index is 8.97. The lowest BCUT2D eigenvalue weighted by molar-refractivity contribution is 0.414. The first-order valence-electron chi connectivity index (χ1n) is 6.62. The summed E-state index contributed by atoms with van der Waals surface area (Å²) in [5.41, 5.74) is 1.54. The van der Waals surface area contributed by atoms with Gasteiger partial charge in [-0.15, -0.1) is 5.10 Å². The van der Waals surface area contributed by atoms with Gasteiger partial charge in [0.15, 0.2) is 10.9 Å². The van der Waals surface area contributed by atoms with Gasteiger partial charge in [0, 0.05) is 6.54 Å². The van der Waals surface area contributed by atoms with Crippen LogP contribution in [0.4, 0.5) is 5.82 Å². The number of hydrogen-bond acceptors (Lipinski definition) is 5. The topological polar surface area (TPSA) is 82.9 Å². The van der Waals surface area contributed by atoms with E-state index in [0.717, 1.165) is 17.7 Å². The van der Waals surface area contributed by atoms with Crippen LogP contribution in [0, 0.1) is 11.3 Å². The highest BCUT2D eigenvalue weighted by molar-refractivity contribution is 7.80. The Hall–Kier alpha value is -2.72. The normalized spacial score (nSPS) is 9.64. The molecule has 0 saturated carbocycles. The fourth-order valence-corrected chi connectivity index (χ4v) is 2.01. The third-order valence-corrected chi connectivity index (χ3v) is 3.15. The van der Waals surface area contributed by atoms with Crippen molar-refractivity contribution in [3.63, 3.8) is 0 Å². The molecule has 0 amide bonds. The minimum atomic E-state index is 0.351. The quantitative estimate of drug-likeness (QED) is 0.816. The van der Waals surface area contributed by atoms with Gasteiger partial charge in [-0.1, -0.05) is 12.1 Å². The Morgan fingerprint density at radius 3 is 3.05 bits per heavy atom. The molecule has 0 spiro atoms. The van der Waals surface area contributed by atoms with E-state index in [0.29, 0.717) is 23.0 Å². The van der Waals surface area contributed by atoms with Gasteiger partial charge in [0.1, 0.15) is 11.8 Å². The van der Waals surface area contributed by atoms with E-state index in [9.17, 15) is 0 Å². The molecule has 2 rings (SSSR count). The van der Waals surface area contributed by atoms with Crippen molar-refractivity contribution in [3.8, 4) is 11.8 Å². The standard InChI is InChI=1S/C15H15N5OS/c1-21-13-4-2-3-11(9-13)5-7-17-15(22)19-14-12(10-16)6-8-18-20-14/h2-4,6,8-9H,5,7H2,1H3,(H2,17,19,20,22). The molecule has 1 aromatic heterocycles. The lowest BCUT2D eigenvalue weighted by atomic mass is 10.1. The Morgan fingerprint density at radius 1 is 1.41 bits per heavy atom. The Labute approximate surface area is 134 Å². The second-order valence-electron chi connectivity index (χ2n) is 4.39. The van der Waals surface area contributed by atoms with Crippen molar-refractivity contribution in [2.45, 2.75) is 6.42 Å². The molecule has 0 saturated heterocycles. The fraction of sp³-hybridized carbons (Fsp3) is 0.200. The SMILES string of the molecule is COc1cccc(CCNC(=S)Nc2nnccc2C#N)c1. The highest BCUT2D eigenvalue weighted by Crippen LogP contribution is 2.12. The smallest absolute Gasteiger partial charge is 0.172 e. The van der Waals surface area contributed by atoms with Crippen LogP contribution in [-0.4, -0.2) is 29.0 Å². The number of ether oxygens (including phenoxy) is 1. The number of thiocarbonyl (C=S) groups is 1. The molecule has 0 radical (unpaired) electrons. The minimum absolute atomic E-state index is 0.351. The van der Waals surface area contributed by atoms with Crippen molar-refractivity contribution in [2.75, 3.05) is 19.0 Å². The lowest BCUT2D eigenvalue weighted by Gasteiger charge is -2.10. The second kappa shape index (κ2) is 7.90. The predicted octanol–water partition coefficient (Wildman–Crippen LogP) is 1.89. The summed E-state index contributed by atoms with van der Waals surface area (Å²) < 4.78 is 5.18. The molecule has 1 heterocycles. The van der Waals surface area contributed by atoms with Crippen LogP contribution in [0.2, 0.25) is 0 Å². The molecule has 0 fully saturated rings.